The minimum absolute atomic E-state index is 0.00447. The van der Waals surface area contributed by atoms with Crippen molar-refractivity contribution in [2.45, 2.75) is 97.1 Å². The molecule has 2 amide bonds. The van der Waals surface area contributed by atoms with E-state index in [1.807, 2.05) is 31.1 Å². The van der Waals surface area contributed by atoms with Crippen LogP contribution in [0.2, 0.25) is 0 Å². The SMILES string of the molecule is CCC(C)C(=O)NC(C(=O)N1CCCC1c1cncc(-c2cccc(C(C)C)c2)c1)C1CCCCC1. The Morgan fingerprint density at radius 1 is 1.00 bits per heavy atom. The quantitative estimate of drug-likeness (QED) is 0.452. The molecule has 0 radical (unpaired) electrons. The van der Waals surface area contributed by atoms with Crippen LogP contribution in [0.15, 0.2) is 42.7 Å². The van der Waals surface area contributed by atoms with E-state index < -0.39 is 6.04 Å². The van der Waals surface area contributed by atoms with Gasteiger partial charge in [0.15, 0.2) is 0 Å². The number of hydrogen-bond donors (Lipinski definition) is 1. The van der Waals surface area contributed by atoms with Gasteiger partial charge in [-0.25, -0.2) is 0 Å². The number of likely N-dealkylation sites (tertiary alicyclic amines) is 1. The molecule has 0 spiro atoms. The van der Waals surface area contributed by atoms with E-state index in [9.17, 15) is 9.59 Å². The molecule has 1 N–H and O–H groups in total. The standard InChI is InChI=1S/C31H43N3O2/c1-5-22(4)30(35)33-29(23-11-7-6-8-12-23)31(36)34-16-10-15-28(34)27-18-26(19-32-20-27)25-14-9-13-24(17-25)21(2)3/h9,13-14,17-23,28-29H,5-8,10-12,15-16H2,1-4H3,(H,33,35). The first-order valence-electron chi connectivity index (χ1n) is 14.0. The molecule has 194 valence electrons. The van der Waals surface area contributed by atoms with E-state index in [1.165, 1.54) is 12.0 Å². The van der Waals surface area contributed by atoms with Gasteiger partial charge in [-0.05, 0) is 66.7 Å². The van der Waals surface area contributed by atoms with Gasteiger partial charge in [-0.2, -0.15) is 0 Å². The van der Waals surface area contributed by atoms with Gasteiger partial charge < -0.3 is 10.2 Å². The molecular weight excluding hydrogens is 446 g/mol. The Labute approximate surface area is 217 Å². The Balaban J connectivity index is 1.58. The van der Waals surface area contributed by atoms with Crippen molar-refractivity contribution in [2.24, 2.45) is 11.8 Å². The summed E-state index contributed by atoms with van der Waals surface area (Å²) in [5.41, 5.74) is 4.64. The van der Waals surface area contributed by atoms with E-state index >= 15 is 0 Å². The number of carbonyl (C=O) groups excluding carboxylic acids is 2. The van der Waals surface area contributed by atoms with Gasteiger partial charge in [0, 0.05) is 30.4 Å². The summed E-state index contributed by atoms with van der Waals surface area (Å²) in [5, 5.41) is 3.19. The summed E-state index contributed by atoms with van der Waals surface area (Å²) in [6, 6.07) is 10.4. The van der Waals surface area contributed by atoms with Crippen LogP contribution in [0.5, 0.6) is 0 Å². The zero-order valence-electron chi connectivity index (χ0n) is 22.5. The van der Waals surface area contributed by atoms with Crippen LogP contribution in [0.3, 0.4) is 0 Å². The second kappa shape index (κ2) is 12.0. The van der Waals surface area contributed by atoms with Crippen molar-refractivity contribution in [3.05, 3.63) is 53.9 Å². The van der Waals surface area contributed by atoms with E-state index in [4.69, 9.17) is 0 Å². The van der Waals surface area contributed by atoms with Gasteiger partial charge in [0.2, 0.25) is 11.8 Å². The minimum Gasteiger partial charge on any atom is -0.344 e. The number of rotatable bonds is 8. The fourth-order valence-corrected chi connectivity index (χ4v) is 5.76. The molecule has 5 nitrogen and oxygen atoms in total. The highest BCUT2D eigenvalue weighted by Gasteiger charge is 2.39. The topological polar surface area (TPSA) is 62.3 Å². The first-order chi connectivity index (χ1) is 17.4. The Morgan fingerprint density at radius 3 is 2.50 bits per heavy atom. The molecule has 3 atom stereocenters. The Hall–Kier alpha value is -2.69. The summed E-state index contributed by atoms with van der Waals surface area (Å²) < 4.78 is 0. The van der Waals surface area contributed by atoms with Gasteiger partial charge >= 0.3 is 0 Å². The molecule has 5 heteroatoms. The average molecular weight is 490 g/mol. The molecule has 1 aliphatic carbocycles. The second-order valence-electron chi connectivity index (χ2n) is 11.2. The van der Waals surface area contributed by atoms with Crippen LogP contribution in [0.4, 0.5) is 0 Å². The lowest BCUT2D eigenvalue weighted by Crippen LogP contribution is -2.53. The molecule has 0 bridgehead atoms. The Kier molecular flexibility index (Phi) is 8.81. The summed E-state index contributed by atoms with van der Waals surface area (Å²) in [7, 11) is 0. The van der Waals surface area contributed by atoms with Crippen LogP contribution in [-0.2, 0) is 9.59 Å². The molecule has 2 aliphatic rings. The molecular formula is C31H43N3O2. The van der Waals surface area contributed by atoms with Gasteiger partial charge in [0.05, 0.1) is 6.04 Å². The predicted octanol–water partition coefficient (Wildman–Crippen LogP) is 6.65. The summed E-state index contributed by atoms with van der Waals surface area (Å²) in [6.45, 7) is 9.12. The lowest BCUT2D eigenvalue weighted by molar-refractivity contribution is -0.140. The zero-order chi connectivity index (χ0) is 25.7. The first-order valence-corrected chi connectivity index (χ1v) is 14.0. The van der Waals surface area contributed by atoms with E-state index in [0.29, 0.717) is 5.92 Å². The van der Waals surface area contributed by atoms with Crippen LogP contribution in [0, 0.1) is 11.8 Å². The van der Waals surface area contributed by atoms with Gasteiger partial charge in [0.1, 0.15) is 6.04 Å². The molecule has 2 fully saturated rings. The van der Waals surface area contributed by atoms with Crippen molar-refractivity contribution in [1.82, 2.24) is 15.2 Å². The van der Waals surface area contributed by atoms with E-state index in [-0.39, 0.29) is 29.7 Å². The van der Waals surface area contributed by atoms with Gasteiger partial charge in [-0.15, -0.1) is 0 Å². The van der Waals surface area contributed by atoms with Crippen molar-refractivity contribution in [1.29, 1.82) is 0 Å². The lowest BCUT2D eigenvalue weighted by atomic mass is 9.83. The fourth-order valence-electron chi connectivity index (χ4n) is 5.76. The molecule has 1 saturated heterocycles. The van der Waals surface area contributed by atoms with Gasteiger partial charge in [-0.1, -0.05) is 71.2 Å². The highest BCUT2D eigenvalue weighted by Crippen LogP contribution is 2.36. The summed E-state index contributed by atoms with van der Waals surface area (Å²) in [6.07, 6.45) is 12.0. The van der Waals surface area contributed by atoms with Crippen molar-refractivity contribution < 1.29 is 9.59 Å². The van der Waals surface area contributed by atoms with E-state index in [2.05, 4.69) is 54.5 Å². The maximum absolute atomic E-state index is 14.0. The molecule has 36 heavy (non-hydrogen) atoms. The number of aromatic nitrogens is 1. The Morgan fingerprint density at radius 2 is 1.78 bits per heavy atom. The second-order valence-corrected chi connectivity index (χ2v) is 11.2. The highest BCUT2D eigenvalue weighted by atomic mass is 16.2. The fraction of sp³-hybridized carbons (Fsp3) is 0.581. The summed E-state index contributed by atoms with van der Waals surface area (Å²) in [5.74, 6) is 0.704. The number of amides is 2. The van der Waals surface area contributed by atoms with Crippen LogP contribution < -0.4 is 5.32 Å². The first kappa shape index (κ1) is 26.4. The van der Waals surface area contributed by atoms with E-state index in [0.717, 1.165) is 68.2 Å². The number of nitrogens with zero attached hydrogens (tertiary/aromatic N) is 2. The van der Waals surface area contributed by atoms with Gasteiger partial charge in [0.25, 0.3) is 0 Å². The van der Waals surface area contributed by atoms with Crippen molar-refractivity contribution in [2.75, 3.05) is 6.54 Å². The Bertz CT molecular complexity index is 1040. The number of nitrogens with one attached hydrogen (secondary N) is 1. The predicted molar refractivity (Wildman–Crippen MR) is 145 cm³/mol. The summed E-state index contributed by atoms with van der Waals surface area (Å²) in [4.78, 5) is 33.5. The third-order valence-electron chi connectivity index (χ3n) is 8.31. The zero-order valence-corrected chi connectivity index (χ0v) is 22.5. The third kappa shape index (κ3) is 5.99. The largest absolute Gasteiger partial charge is 0.344 e. The maximum Gasteiger partial charge on any atom is 0.245 e. The monoisotopic (exact) mass is 489 g/mol. The van der Waals surface area contributed by atoms with Crippen LogP contribution in [-0.4, -0.2) is 34.3 Å². The third-order valence-corrected chi connectivity index (χ3v) is 8.31. The average Bonchev–Trinajstić information content (AvgIpc) is 3.41. The van der Waals surface area contributed by atoms with E-state index in [1.54, 1.807) is 0 Å². The van der Waals surface area contributed by atoms with Crippen molar-refractivity contribution in [3.8, 4) is 11.1 Å². The van der Waals surface area contributed by atoms with Gasteiger partial charge in [-0.3, -0.25) is 14.6 Å². The molecule has 1 aliphatic heterocycles. The highest BCUT2D eigenvalue weighted by molar-refractivity contribution is 5.89. The van der Waals surface area contributed by atoms with Crippen molar-refractivity contribution >= 4 is 11.8 Å². The molecule has 1 saturated carbocycles. The maximum atomic E-state index is 14.0. The molecule has 1 aromatic carbocycles. The molecule has 2 heterocycles. The number of hydrogen-bond acceptors (Lipinski definition) is 3. The molecule has 4 rings (SSSR count). The number of carbonyl (C=O) groups is 2. The minimum atomic E-state index is -0.425. The smallest absolute Gasteiger partial charge is 0.245 e. The lowest BCUT2D eigenvalue weighted by Gasteiger charge is -2.35. The molecule has 1 aromatic heterocycles. The molecule has 3 unspecified atom stereocenters. The van der Waals surface area contributed by atoms with Crippen LogP contribution in [0.1, 0.15) is 102 Å². The van der Waals surface area contributed by atoms with Crippen LogP contribution in [0.25, 0.3) is 11.1 Å². The number of benzene rings is 1. The van der Waals surface area contributed by atoms with Crippen molar-refractivity contribution in [3.63, 3.8) is 0 Å². The number of pyridine rings is 1. The normalized spacial score (nSPS) is 20.4. The summed E-state index contributed by atoms with van der Waals surface area (Å²) >= 11 is 0. The van der Waals surface area contributed by atoms with Crippen LogP contribution >= 0.6 is 0 Å². The molecule has 2 aromatic rings.